The van der Waals surface area contributed by atoms with E-state index in [4.69, 9.17) is 0 Å². The van der Waals surface area contributed by atoms with Gasteiger partial charge in [0.25, 0.3) is 0 Å². The summed E-state index contributed by atoms with van der Waals surface area (Å²) < 4.78 is 1.78. The van der Waals surface area contributed by atoms with Gasteiger partial charge < -0.3 is 4.90 Å². The van der Waals surface area contributed by atoms with Gasteiger partial charge in [0, 0.05) is 60.0 Å². The van der Waals surface area contributed by atoms with E-state index in [2.05, 4.69) is 26.0 Å². The normalized spacial score (nSPS) is 18.6. The van der Waals surface area contributed by atoms with Crippen molar-refractivity contribution in [3.8, 4) is 11.1 Å². The minimum atomic E-state index is 0.187. The van der Waals surface area contributed by atoms with Gasteiger partial charge in [0.1, 0.15) is 5.78 Å². The van der Waals surface area contributed by atoms with Crippen molar-refractivity contribution < 1.29 is 4.79 Å². The predicted molar refractivity (Wildman–Crippen MR) is 108 cm³/mol. The topological polar surface area (TPSA) is 63.9 Å². The van der Waals surface area contributed by atoms with Crippen molar-refractivity contribution in [3.05, 3.63) is 42.6 Å². The fourth-order valence-corrected chi connectivity index (χ4v) is 4.25. The molecular formula is C22H25N5O. The molecule has 0 spiro atoms. The van der Waals surface area contributed by atoms with Gasteiger partial charge in [-0.25, -0.2) is 0 Å². The Bertz CT molecular complexity index is 1010. The molecular weight excluding hydrogens is 350 g/mol. The molecule has 0 unspecified atom stereocenters. The minimum absolute atomic E-state index is 0.187. The standard InChI is InChI=1S/C22H25N5O/c1-26-14-18(12-25-26)17-8-16-9-19(23-13-21(16)24-11-17)10-22(28)15-4-6-27(7-5-15)20-2-3-20/h8-9,11-15,20H,2-7,10H2,1H3. The number of nitrogens with zero attached hydrogens (tertiary/aromatic N) is 5. The van der Waals surface area contributed by atoms with E-state index in [0.29, 0.717) is 12.2 Å². The number of carbonyl (C=O) groups excluding carboxylic acids is 1. The zero-order chi connectivity index (χ0) is 19.1. The molecule has 144 valence electrons. The number of Topliss-reactive ketones (excluding diaryl/α,β-unsaturated/α-hetero) is 1. The Balaban J connectivity index is 1.30. The van der Waals surface area contributed by atoms with Crippen LogP contribution in [0.25, 0.3) is 22.0 Å². The predicted octanol–water partition coefficient (Wildman–Crippen LogP) is 3.02. The van der Waals surface area contributed by atoms with Crippen LogP contribution in [-0.2, 0) is 18.3 Å². The average molecular weight is 375 g/mol. The van der Waals surface area contributed by atoms with Gasteiger partial charge in [-0.1, -0.05) is 0 Å². The highest BCUT2D eigenvalue weighted by Crippen LogP contribution is 2.31. The summed E-state index contributed by atoms with van der Waals surface area (Å²) in [7, 11) is 1.90. The number of piperidine rings is 1. The molecule has 1 aliphatic heterocycles. The Kier molecular flexibility index (Phi) is 4.43. The lowest BCUT2D eigenvalue weighted by Gasteiger charge is -2.31. The third kappa shape index (κ3) is 3.56. The van der Waals surface area contributed by atoms with Gasteiger partial charge in [0.2, 0.25) is 0 Å². The summed E-state index contributed by atoms with van der Waals surface area (Å²) >= 11 is 0. The number of rotatable bonds is 5. The number of likely N-dealkylation sites (tertiary alicyclic amines) is 1. The van der Waals surface area contributed by atoms with E-state index in [9.17, 15) is 4.79 Å². The van der Waals surface area contributed by atoms with Gasteiger partial charge >= 0.3 is 0 Å². The monoisotopic (exact) mass is 375 g/mol. The van der Waals surface area contributed by atoms with Crippen molar-refractivity contribution in [2.45, 2.75) is 38.1 Å². The zero-order valence-corrected chi connectivity index (χ0v) is 16.2. The largest absolute Gasteiger partial charge is 0.300 e. The lowest BCUT2D eigenvalue weighted by molar-refractivity contribution is -0.123. The lowest BCUT2D eigenvalue weighted by Crippen LogP contribution is -2.38. The van der Waals surface area contributed by atoms with E-state index in [1.807, 2.05) is 31.7 Å². The zero-order valence-electron chi connectivity index (χ0n) is 16.2. The van der Waals surface area contributed by atoms with Crippen molar-refractivity contribution in [2.24, 2.45) is 13.0 Å². The average Bonchev–Trinajstić information content (AvgIpc) is 3.48. The minimum Gasteiger partial charge on any atom is -0.300 e. The maximum Gasteiger partial charge on any atom is 0.142 e. The molecule has 1 aliphatic carbocycles. The van der Waals surface area contributed by atoms with Crippen molar-refractivity contribution in [3.63, 3.8) is 0 Å². The van der Waals surface area contributed by atoms with Crippen LogP contribution in [0.4, 0.5) is 0 Å². The molecule has 3 aromatic heterocycles. The lowest BCUT2D eigenvalue weighted by atomic mass is 9.90. The second-order valence-electron chi connectivity index (χ2n) is 8.18. The molecule has 0 radical (unpaired) electrons. The highest BCUT2D eigenvalue weighted by Gasteiger charge is 2.33. The molecule has 2 fully saturated rings. The van der Waals surface area contributed by atoms with Crippen LogP contribution >= 0.6 is 0 Å². The maximum atomic E-state index is 12.8. The van der Waals surface area contributed by atoms with E-state index in [0.717, 1.165) is 59.7 Å². The Morgan fingerprint density at radius 2 is 1.86 bits per heavy atom. The van der Waals surface area contributed by atoms with Crippen LogP contribution in [-0.4, -0.2) is 49.6 Å². The van der Waals surface area contributed by atoms with Crippen LogP contribution in [0.2, 0.25) is 0 Å². The van der Waals surface area contributed by atoms with Crippen LogP contribution in [0.5, 0.6) is 0 Å². The summed E-state index contributed by atoms with van der Waals surface area (Å²) in [6.07, 6.45) is 12.5. The van der Waals surface area contributed by atoms with E-state index < -0.39 is 0 Å². The number of fused-ring (bicyclic) bond motifs is 1. The van der Waals surface area contributed by atoms with Gasteiger partial charge in [0.05, 0.1) is 17.9 Å². The summed E-state index contributed by atoms with van der Waals surface area (Å²) in [5, 5.41) is 5.25. The number of pyridine rings is 2. The van der Waals surface area contributed by atoms with E-state index >= 15 is 0 Å². The summed E-state index contributed by atoms with van der Waals surface area (Å²) in [6.45, 7) is 2.15. The molecule has 6 nitrogen and oxygen atoms in total. The molecule has 2 aliphatic rings. The summed E-state index contributed by atoms with van der Waals surface area (Å²) in [4.78, 5) is 24.4. The quantitative estimate of drug-likeness (QED) is 0.686. The molecule has 0 N–H and O–H groups in total. The fourth-order valence-electron chi connectivity index (χ4n) is 4.25. The second-order valence-corrected chi connectivity index (χ2v) is 8.18. The van der Waals surface area contributed by atoms with Crippen LogP contribution in [0.3, 0.4) is 0 Å². The molecule has 0 amide bonds. The van der Waals surface area contributed by atoms with Crippen LogP contribution < -0.4 is 0 Å². The smallest absolute Gasteiger partial charge is 0.142 e. The summed E-state index contributed by atoms with van der Waals surface area (Å²) in [5.74, 6) is 0.519. The highest BCUT2D eigenvalue weighted by atomic mass is 16.1. The third-order valence-electron chi connectivity index (χ3n) is 6.07. The molecule has 3 aromatic rings. The third-order valence-corrected chi connectivity index (χ3v) is 6.07. The van der Waals surface area contributed by atoms with E-state index in [1.54, 1.807) is 10.9 Å². The van der Waals surface area contributed by atoms with E-state index in [-0.39, 0.29) is 5.92 Å². The Morgan fingerprint density at radius 3 is 2.57 bits per heavy atom. The SMILES string of the molecule is Cn1cc(-c2cnc3cnc(CC(=O)C4CCN(C5CC5)CC4)cc3c2)cn1. The molecule has 0 aromatic carbocycles. The van der Waals surface area contributed by atoms with Crippen molar-refractivity contribution in [2.75, 3.05) is 13.1 Å². The molecule has 5 rings (SSSR count). The summed E-state index contributed by atoms with van der Waals surface area (Å²) in [6, 6.07) is 4.92. The number of ketones is 1. The first-order valence-corrected chi connectivity index (χ1v) is 10.2. The van der Waals surface area contributed by atoms with Gasteiger partial charge in [0.15, 0.2) is 0 Å². The first-order valence-electron chi connectivity index (χ1n) is 10.2. The Morgan fingerprint density at radius 1 is 1.04 bits per heavy atom. The van der Waals surface area contributed by atoms with Gasteiger partial charge in [-0.3, -0.25) is 19.4 Å². The van der Waals surface area contributed by atoms with E-state index in [1.165, 1.54) is 12.8 Å². The number of hydrogen-bond donors (Lipinski definition) is 0. The molecule has 28 heavy (non-hydrogen) atoms. The van der Waals surface area contributed by atoms with Crippen molar-refractivity contribution >= 4 is 16.7 Å². The Labute approximate surface area is 164 Å². The molecule has 4 heterocycles. The van der Waals surface area contributed by atoms with Crippen LogP contribution in [0.15, 0.2) is 36.9 Å². The number of aromatic nitrogens is 4. The van der Waals surface area contributed by atoms with Gasteiger partial charge in [-0.15, -0.1) is 0 Å². The molecule has 0 atom stereocenters. The van der Waals surface area contributed by atoms with Crippen molar-refractivity contribution in [1.29, 1.82) is 0 Å². The molecule has 1 saturated carbocycles. The van der Waals surface area contributed by atoms with Crippen LogP contribution in [0, 0.1) is 5.92 Å². The molecule has 1 saturated heterocycles. The van der Waals surface area contributed by atoms with Crippen LogP contribution in [0.1, 0.15) is 31.4 Å². The van der Waals surface area contributed by atoms with Gasteiger partial charge in [-0.2, -0.15) is 5.10 Å². The summed E-state index contributed by atoms with van der Waals surface area (Å²) in [5.41, 5.74) is 3.75. The number of aryl methyl sites for hydroxylation is 1. The first kappa shape index (κ1) is 17.5. The number of hydrogen-bond acceptors (Lipinski definition) is 5. The van der Waals surface area contributed by atoms with Crippen molar-refractivity contribution in [1.82, 2.24) is 24.6 Å². The fraction of sp³-hybridized carbons (Fsp3) is 0.455. The maximum absolute atomic E-state index is 12.8. The number of carbonyl (C=O) groups is 1. The second kappa shape index (κ2) is 7.09. The first-order chi connectivity index (χ1) is 13.7. The Hall–Kier alpha value is -2.60. The molecule has 6 heteroatoms. The van der Waals surface area contributed by atoms with Gasteiger partial charge in [-0.05, 0) is 50.9 Å². The molecule has 0 bridgehead atoms. The highest BCUT2D eigenvalue weighted by molar-refractivity contribution is 5.86.